The fourth-order valence-corrected chi connectivity index (χ4v) is 4.08. The Bertz CT molecular complexity index is 699. The number of fused-ring (bicyclic) bond motifs is 2. The summed E-state index contributed by atoms with van der Waals surface area (Å²) < 4.78 is 0. The second kappa shape index (κ2) is 4.86. The molecule has 2 aromatic heterocycles. The van der Waals surface area contributed by atoms with Crippen LogP contribution in [0.2, 0.25) is 0 Å². The van der Waals surface area contributed by atoms with Gasteiger partial charge in [-0.1, -0.05) is 0 Å². The summed E-state index contributed by atoms with van der Waals surface area (Å²) in [5.74, 6) is 2.09. The molecule has 7 nitrogen and oxygen atoms in total. The summed E-state index contributed by atoms with van der Waals surface area (Å²) in [7, 11) is 2.10. The average Bonchev–Trinajstić information content (AvgIpc) is 3.18. The predicted octanol–water partition coefficient (Wildman–Crippen LogP) is 1.18. The van der Waals surface area contributed by atoms with Gasteiger partial charge in [0.05, 0.1) is 5.39 Å². The molecule has 2 fully saturated rings. The van der Waals surface area contributed by atoms with Crippen molar-refractivity contribution in [2.24, 2.45) is 17.6 Å². The zero-order valence-corrected chi connectivity index (χ0v) is 12.6. The van der Waals surface area contributed by atoms with Gasteiger partial charge in [0.2, 0.25) is 0 Å². The first-order valence-corrected chi connectivity index (χ1v) is 7.68. The second-order valence-electron chi connectivity index (χ2n) is 6.44. The van der Waals surface area contributed by atoms with E-state index in [0.717, 1.165) is 42.8 Å². The number of nitrogens with two attached hydrogens (primary N) is 1. The Morgan fingerprint density at radius 1 is 1.36 bits per heavy atom. The van der Waals surface area contributed by atoms with Gasteiger partial charge in [-0.2, -0.15) is 0 Å². The van der Waals surface area contributed by atoms with Crippen LogP contribution in [0.4, 0.5) is 10.6 Å². The molecule has 0 aromatic carbocycles. The van der Waals surface area contributed by atoms with Gasteiger partial charge in [-0.25, -0.2) is 14.8 Å². The quantitative estimate of drug-likeness (QED) is 0.871. The molecule has 22 heavy (non-hydrogen) atoms. The minimum absolute atomic E-state index is 0.288. The molecule has 2 aromatic rings. The highest BCUT2D eigenvalue weighted by atomic mass is 16.2. The number of carbonyl (C=O) groups is 1. The van der Waals surface area contributed by atoms with Crippen molar-refractivity contribution in [2.45, 2.75) is 18.9 Å². The number of H-pyrrole nitrogens is 1. The molecule has 2 amide bonds. The molecule has 0 spiro atoms. The number of anilines is 1. The number of primary amides is 1. The van der Waals surface area contributed by atoms with Crippen LogP contribution < -0.4 is 10.6 Å². The minimum atomic E-state index is -0.288. The maximum absolute atomic E-state index is 11.3. The number of hydrogen-bond acceptors (Lipinski definition) is 4. The normalized spacial score (nSPS) is 27.3. The monoisotopic (exact) mass is 300 g/mol. The highest BCUT2D eigenvalue weighted by molar-refractivity contribution is 5.87. The van der Waals surface area contributed by atoms with E-state index < -0.39 is 0 Å². The Morgan fingerprint density at radius 3 is 2.77 bits per heavy atom. The summed E-state index contributed by atoms with van der Waals surface area (Å²) in [6.07, 6.45) is 5.67. The summed E-state index contributed by atoms with van der Waals surface area (Å²) >= 11 is 0. The molecule has 116 valence electrons. The fourth-order valence-electron chi connectivity index (χ4n) is 4.08. The van der Waals surface area contributed by atoms with E-state index in [1.165, 1.54) is 0 Å². The molecule has 1 saturated carbocycles. The van der Waals surface area contributed by atoms with Gasteiger partial charge in [-0.05, 0) is 30.7 Å². The summed E-state index contributed by atoms with van der Waals surface area (Å²) in [4.78, 5) is 27.2. The van der Waals surface area contributed by atoms with Gasteiger partial charge in [-0.3, -0.25) is 0 Å². The van der Waals surface area contributed by atoms with Gasteiger partial charge < -0.3 is 20.5 Å². The van der Waals surface area contributed by atoms with Gasteiger partial charge in [0.25, 0.3) is 0 Å². The number of aromatic amines is 1. The minimum Gasteiger partial charge on any atom is -0.356 e. The van der Waals surface area contributed by atoms with Gasteiger partial charge >= 0.3 is 6.03 Å². The SMILES string of the molecule is CN(c1ncnc2[nH]ccc12)C1CC2CN(C(N)=O)C[C@@H]2C1. The first-order chi connectivity index (χ1) is 10.6. The molecule has 3 N–H and O–H groups in total. The Morgan fingerprint density at radius 2 is 2.09 bits per heavy atom. The first-order valence-electron chi connectivity index (χ1n) is 7.68. The summed E-state index contributed by atoms with van der Waals surface area (Å²) in [5.41, 5.74) is 6.26. The highest BCUT2D eigenvalue weighted by Crippen LogP contribution is 2.41. The van der Waals surface area contributed by atoms with Crippen LogP contribution in [0, 0.1) is 11.8 Å². The van der Waals surface area contributed by atoms with Crippen LogP contribution in [0.15, 0.2) is 18.6 Å². The van der Waals surface area contributed by atoms with Gasteiger partial charge in [0, 0.05) is 32.4 Å². The first kappa shape index (κ1) is 13.4. The largest absolute Gasteiger partial charge is 0.356 e. The van der Waals surface area contributed by atoms with E-state index in [1.807, 2.05) is 12.3 Å². The predicted molar refractivity (Wildman–Crippen MR) is 83.5 cm³/mol. The van der Waals surface area contributed by atoms with Gasteiger partial charge in [0.15, 0.2) is 0 Å². The molecule has 1 aliphatic carbocycles. The smallest absolute Gasteiger partial charge is 0.314 e. The molecular formula is C15H20N6O. The molecule has 7 heteroatoms. The fraction of sp³-hybridized carbons (Fsp3) is 0.533. The van der Waals surface area contributed by atoms with Crippen molar-refractivity contribution >= 4 is 22.9 Å². The van der Waals surface area contributed by atoms with Crippen LogP contribution in [-0.4, -0.2) is 52.1 Å². The number of likely N-dealkylation sites (tertiary alicyclic amines) is 1. The third-order valence-corrected chi connectivity index (χ3v) is 5.25. The van der Waals surface area contributed by atoms with Gasteiger partial charge in [0.1, 0.15) is 17.8 Å². The van der Waals surface area contributed by atoms with Gasteiger partial charge in [-0.15, -0.1) is 0 Å². The van der Waals surface area contributed by atoms with Crippen LogP contribution >= 0.6 is 0 Å². The number of carbonyl (C=O) groups excluding carboxylic acids is 1. The summed E-state index contributed by atoms with van der Waals surface area (Å²) in [5, 5.41) is 1.06. The number of nitrogens with zero attached hydrogens (tertiary/aromatic N) is 4. The molecule has 0 bridgehead atoms. The lowest BCUT2D eigenvalue weighted by Gasteiger charge is -2.27. The van der Waals surface area contributed by atoms with Crippen LogP contribution in [-0.2, 0) is 0 Å². The molecule has 3 atom stereocenters. The number of rotatable bonds is 2. The molecular weight excluding hydrogens is 280 g/mol. The maximum Gasteiger partial charge on any atom is 0.314 e. The number of hydrogen-bond donors (Lipinski definition) is 2. The number of urea groups is 1. The molecule has 4 rings (SSSR count). The lowest BCUT2D eigenvalue weighted by molar-refractivity contribution is 0.214. The van der Waals surface area contributed by atoms with E-state index in [4.69, 9.17) is 5.73 Å². The Balaban J connectivity index is 1.53. The zero-order valence-electron chi connectivity index (χ0n) is 12.6. The van der Waals surface area contributed by atoms with Crippen molar-refractivity contribution in [1.82, 2.24) is 19.9 Å². The average molecular weight is 300 g/mol. The third-order valence-electron chi connectivity index (χ3n) is 5.25. The van der Waals surface area contributed by atoms with E-state index in [1.54, 1.807) is 11.2 Å². The highest BCUT2D eigenvalue weighted by Gasteiger charge is 2.43. The van der Waals surface area contributed by atoms with E-state index in [2.05, 4.69) is 26.9 Å². The van der Waals surface area contributed by atoms with Crippen molar-refractivity contribution in [3.63, 3.8) is 0 Å². The Hall–Kier alpha value is -2.31. The number of aromatic nitrogens is 3. The van der Waals surface area contributed by atoms with Crippen molar-refractivity contribution in [1.29, 1.82) is 0 Å². The Kier molecular flexibility index (Phi) is 2.95. The van der Waals surface area contributed by atoms with Crippen molar-refractivity contribution < 1.29 is 4.79 Å². The zero-order chi connectivity index (χ0) is 15.3. The molecule has 2 aliphatic rings. The topological polar surface area (TPSA) is 91.1 Å². The van der Waals surface area contributed by atoms with Crippen LogP contribution in [0.1, 0.15) is 12.8 Å². The van der Waals surface area contributed by atoms with Crippen molar-refractivity contribution in [2.75, 3.05) is 25.0 Å². The summed E-state index contributed by atoms with van der Waals surface area (Å²) in [6.45, 7) is 1.60. The lowest BCUT2D eigenvalue weighted by Crippen LogP contribution is -2.37. The maximum atomic E-state index is 11.3. The number of nitrogens with one attached hydrogen (secondary N) is 1. The van der Waals surface area contributed by atoms with Crippen molar-refractivity contribution in [3.05, 3.63) is 18.6 Å². The number of amides is 2. The van der Waals surface area contributed by atoms with E-state index in [9.17, 15) is 4.79 Å². The van der Waals surface area contributed by atoms with E-state index in [0.29, 0.717) is 17.9 Å². The molecule has 1 saturated heterocycles. The molecule has 2 unspecified atom stereocenters. The standard InChI is InChI=1S/C15H20N6O/c1-20(14-12-2-3-17-13(12)18-8-19-14)11-4-9-6-21(15(16)22)7-10(9)5-11/h2-3,8-11H,4-7H2,1H3,(H2,16,22)(H,17,18,19)/t9-,10?,11?/m0/s1. The van der Waals surface area contributed by atoms with E-state index in [-0.39, 0.29) is 6.03 Å². The Labute approximate surface area is 128 Å². The van der Waals surface area contributed by atoms with Crippen LogP contribution in [0.3, 0.4) is 0 Å². The van der Waals surface area contributed by atoms with E-state index >= 15 is 0 Å². The third kappa shape index (κ3) is 2.00. The van der Waals surface area contributed by atoms with Crippen molar-refractivity contribution in [3.8, 4) is 0 Å². The van der Waals surface area contributed by atoms with Crippen LogP contribution in [0.25, 0.3) is 11.0 Å². The second-order valence-corrected chi connectivity index (χ2v) is 6.44. The van der Waals surface area contributed by atoms with Crippen LogP contribution in [0.5, 0.6) is 0 Å². The summed E-state index contributed by atoms with van der Waals surface area (Å²) in [6, 6.07) is 2.19. The lowest BCUT2D eigenvalue weighted by atomic mass is 10.0. The molecule has 1 aliphatic heterocycles. The molecule has 3 heterocycles. The molecule has 0 radical (unpaired) electrons.